The van der Waals surface area contributed by atoms with Gasteiger partial charge in [-0.15, -0.1) is 5.10 Å². The number of likely N-dealkylation sites (tertiary alicyclic amines) is 1. The van der Waals surface area contributed by atoms with Crippen molar-refractivity contribution in [1.82, 2.24) is 25.2 Å². The standard InChI is InChI=1S/C19H25N5O3/c1-3-24-13-16(21-22-24)17(25)20-15-9-10-23(12-15)18(26)19(2,27)11-14-7-5-4-6-8-14/h4-8,13,15,27H,3,9-12H2,1-2H3,(H,20,25)/t15-,19?/m1/s1. The number of benzene rings is 1. The number of nitrogens with one attached hydrogen (secondary N) is 1. The van der Waals surface area contributed by atoms with Crippen LogP contribution in [0.5, 0.6) is 0 Å². The molecule has 1 saturated heterocycles. The fourth-order valence-corrected chi connectivity index (χ4v) is 3.29. The highest BCUT2D eigenvalue weighted by Crippen LogP contribution is 2.20. The molecule has 0 aliphatic carbocycles. The summed E-state index contributed by atoms with van der Waals surface area (Å²) in [7, 11) is 0. The zero-order valence-electron chi connectivity index (χ0n) is 15.6. The third-order valence-corrected chi connectivity index (χ3v) is 4.76. The molecule has 2 aromatic rings. The molecule has 2 atom stereocenters. The summed E-state index contributed by atoms with van der Waals surface area (Å²) >= 11 is 0. The van der Waals surface area contributed by atoms with Crippen LogP contribution in [0.1, 0.15) is 36.3 Å². The molecule has 1 fully saturated rings. The van der Waals surface area contributed by atoms with E-state index in [0.29, 0.717) is 26.1 Å². The number of nitrogens with zero attached hydrogens (tertiary/aromatic N) is 4. The molecule has 1 aromatic heterocycles. The van der Waals surface area contributed by atoms with Crippen LogP contribution >= 0.6 is 0 Å². The van der Waals surface area contributed by atoms with Gasteiger partial charge >= 0.3 is 0 Å². The molecule has 8 heteroatoms. The van der Waals surface area contributed by atoms with Gasteiger partial charge in [-0.3, -0.25) is 14.3 Å². The molecule has 27 heavy (non-hydrogen) atoms. The molecule has 8 nitrogen and oxygen atoms in total. The second-order valence-corrected chi connectivity index (χ2v) is 7.11. The Bertz CT molecular complexity index is 803. The third kappa shape index (κ3) is 4.51. The van der Waals surface area contributed by atoms with Crippen LogP contribution in [0.15, 0.2) is 36.5 Å². The van der Waals surface area contributed by atoms with Crippen molar-refractivity contribution in [3.8, 4) is 0 Å². The number of aryl methyl sites for hydroxylation is 1. The molecule has 0 spiro atoms. The van der Waals surface area contributed by atoms with E-state index in [4.69, 9.17) is 0 Å². The Morgan fingerprint density at radius 2 is 2.07 bits per heavy atom. The Kier molecular flexibility index (Phi) is 5.55. The fourth-order valence-electron chi connectivity index (χ4n) is 3.29. The first kappa shape index (κ1) is 19.0. The molecule has 2 N–H and O–H groups in total. The van der Waals surface area contributed by atoms with Crippen molar-refractivity contribution in [2.24, 2.45) is 0 Å². The highest BCUT2D eigenvalue weighted by atomic mass is 16.3. The highest BCUT2D eigenvalue weighted by Gasteiger charge is 2.38. The molecule has 3 rings (SSSR count). The van der Waals surface area contributed by atoms with Crippen LogP contribution in [0.25, 0.3) is 0 Å². The first-order valence-electron chi connectivity index (χ1n) is 9.15. The molecule has 1 aromatic carbocycles. The van der Waals surface area contributed by atoms with Crippen LogP contribution in [0.3, 0.4) is 0 Å². The molecule has 0 saturated carbocycles. The zero-order valence-corrected chi connectivity index (χ0v) is 15.6. The van der Waals surface area contributed by atoms with Crippen LogP contribution in [0, 0.1) is 0 Å². The maximum Gasteiger partial charge on any atom is 0.273 e. The van der Waals surface area contributed by atoms with Gasteiger partial charge in [0.15, 0.2) is 5.69 Å². The van der Waals surface area contributed by atoms with E-state index in [-0.39, 0.29) is 30.0 Å². The predicted molar refractivity (Wildman–Crippen MR) is 98.9 cm³/mol. The van der Waals surface area contributed by atoms with Gasteiger partial charge < -0.3 is 15.3 Å². The molecule has 1 aliphatic rings. The smallest absolute Gasteiger partial charge is 0.273 e. The van der Waals surface area contributed by atoms with Crippen molar-refractivity contribution in [2.45, 2.75) is 44.9 Å². The van der Waals surface area contributed by atoms with Gasteiger partial charge in [-0.25, -0.2) is 0 Å². The van der Waals surface area contributed by atoms with Crippen LogP contribution in [0.4, 0.5) is 0 Å². The minimum absolute atomic E-state index is 0.166. The molecule has 1 aliphatic heterocycles. The largest absolute Gasteiger partial charge is 0.380 e. The number of amides is 2. The summed E-state index contributed by atoms with van der Waals surface area (Å²) in [5, 5.41) is 21.3. The molecular weight excluding hydrogens is 346 g/mol. The van der Waals surface area contributed by atoms with Gasteiger partial charge in [0.25, 0.3) is 11.8 Å². The summed E-state index contributed by atoms with van der Waals surface area (Å²) in [4.78, 5) is 26.6. The quantitative estimate of drug-likeness (QED) is 0.775. The van der Waals surface area contributed by atoms with Crippen molar-refractivity contribution in [2.75, 3.05) is 13.1 Å². The topological polar surface area (TPSA) is 100 Å². The van der Waals surface area contributed by atoms with Crippen LogP contribution in [-0.4, -0.2) is 61.5 Å². The molecule has 0 bridgehead atoms. The van der Waals surface area contributed by atoms with E-state index in [1.165, 1.54) is 6.92 Å². The second kappa shape index (κ2) is 7.87. The van der Waals surface area contributed by atoms with Gasteiger partial charge in [-0.1, -0.05) is 35.5 Å². The van der Waals surface area contributed by atoms with E-state index in [1.54, 1.807) is 15.8 Å². The molecule has 144 valence electrons. The Balaban J connectivity index is 1.56. The number of aliphatic hydroxyl groups is 1. The van der Waals surface area contributed by atoms with Crippen LogP contribution in [-0.2, 0) is 17.8 Å². The monoisotopic (exact) mass is 371 g/mol. The highest BCUT2D eigenvalue weighted by molar-refractivity contribution is 5.92. The number of rotatable bonds is 6. The summed E-state index contributed by atoms with van der Waals surface area (Å²) in [6.07, 6.45) is 2.49. The summed E-state index contributed by atoms with van der Waals surface area (Å²) in [5.74, 6) is -0.620. The maximum absolute atomic E-state index is 12.8. The Hall–Kier alpha value is -2.74. The SMILES string of the molecule is CCn1cc(C(=O)N[C@@H]2CCN(C(=O)C(C)(O)Cc3ccccc3)C2)nn1. The van der Waals surface area contributed by atoms with Crippen molar-refractivity contribution in [3.63, 3.8) is 0 Å². The lowest BCUT2D eigenvalue weighted by atomic mass is 9.95. The summed E-state index contributed by atoms with van der Waals surface area (Å²) in [6.45, 7) is 4.96. The van der Waals surface area contributed by atoms with Crippen molar-refractivity contribution in [3.05, 3.63) is 47.8 Å². The Labute approximate surface area is 158 Å². The van der Waals surface area contributed by atoms with Crippen molar-refractivity contribution in [1.29, 1.82) is 0 Å². The van der Waals surface area contributed by atoms with Crippen molar-refractivity contribution < 1.29 is 14.7 Å². The molecule has 2 amide bonds. The van der Waals surface area contributed by atoms with E-state index < -0.39 is 5.60 Å². The normalized spacial score (nSPS) is 18.9. The van der Waals surface area contributed by atoms with Gasteiger partial charge in [0.1, 0.15) is 5.60 Å². The predicted octanol–water partition coefficient (Wildman–Crippen LogP) is 0.622. The maximum atomic E-state index is 12.8. The fraction of sp³-hybridized carbons (Fsp3) is 0.474. The number of hydrogen-bond acceptors (Lipinski definition) is 5. The zero-order chi connectivity index (χ0) is 19.4. The lowest BCUT2D eigenvalue weighted by molar-refractivity contribution is -0.148. The Morgan fingerprint density at radius 1 is 1.33 bits per heavy atom. The van der Waals surface area contributed by atoms with Gasteiger partial charge in [0.2, 0.25) is 0 Å². The lowest BCUT2D eigenvalue weighted by Gasteiger charge is -2.28. The van der Waals surface area contributed by atoms with E-state index in [2.05, 4.69) is 15.6 Å². The lowest BCUT2D eigenvalue weighted by Crippen LogP contribution is -2.48. The first-order valence-corrected chi connectivity index (χ1v) is 9.15. The average molecular weight is 371 g/mol. The van der Waals surface area contributed by atoms with E-state index >= 15 is 0 Å². The molecule has 2 heterocycles. The Morgan fingerprint density at radius 3 is 2.74 bits per heavy atom. The van der Waals surface area contributed by atoms with Gasteiger partial charge in [0, 0.05) is 32.1 Å². The number of carbonyl (C=O) groups is 2. The van der Waals surface area contributed by atoms with Gasteiger partial charge in [-0.2, -0.15) is 0 Å². The summed E-state index contributed by atoms with van der Waals surface area (Å²) < 4.78 is 1.58. The number of aromatic nitrogens is 3. The summed E-state index contributed by atoms with van der Waals surface area (Å²) in [5.41, 5.74) is -0.319. The average Bonchev–Trinajstić information content (AvgIpc) is 3.31. The number of hydrogen-bond donors (Lipinski definition) is 2. The molecule has 0 radical (unpaired) electrons. The minimum atomic E-state index is -1.48. The van der Waals surface area contributed by atoms with Crippen LogP contribution < -0.4 is 5.32 Å². The van der Waals surface area contributed by atoms with E-state index in [0.717, 1.165) is 5.56 Å². The van der Waals surface area contributed by atoms with E-state index in [1.807, 2.05) is 37.3 Å². The van der Waals surface area contributed by atoms with Gasteiger partial charge in [-0.05, 0) is 25.8 Å². The second-order valence-electron chi connectivity index (χ2n) is 7.11. The summed E-state index contributed by atoms with van der Waals surface area (Å²) in [6, 6.07) is 9.27. The van der Waals surface area contributed by atoms with E-state index in [9.17, 15) is 14.7 Å². The minimum Gasteiger partial charge on any atom is -0.380 e. The third-order valence-electron chi connectivity index (χ3n) is 4.76. The van der Waals surface area contributed by atoms with Crippen LogP contribution in [0.2, 0.25) is 0 Å². The molecular formula is C19H25N5O3. The molecule has 1 unspecified atom stereocenters. The number of carbonyl (C=O) groups excluding carboxylic acids is 2. The first-order chi connectivity index (χ1) is 12.9. The van der Waals surface area contributed by atoms with Crippen molar-refractivity contribution >= 4 is 11.8 Å². The van der Waals surface area contributed by atoms with Gasteiger partial charge in [0.05, 0.1) is 6.20 Å².